The van der Waals surface area contributed by atoms with E-state index in [1.54, 1.807) is 36.7 Å². The maximum Gasteiger partial charge on any atom is 0.248 e. The number of phenolic OH excluding ortho intramolecular Hbond substituents is 1. The molecular weight excluding hydrogens is 383 g/mol. The van der Waals surface area contributed by atoms with Gasteiger partial charge in [-0.15, -0.1) is 12.4 Å². The Morgan fingerprint density at radius 3 is 2.68 bits per heavy atom. The Labute approximate surface area is 167 Å². The average Bonchev–Trinajstić information content (AvgIpc) is 2.68. The van der Waals surface area contributed by atoms with Gasteiger partial charge in [-0.2, -0.15) is 0 Å². The zero-order valence-electron chi connectivity index (χ0n) is 14.7. The van der Waals surface area contributed by atoms with Gasteiger partial charge in [0.1, 0.15) is 12.4 Å². The van der Waals surface area contributed by atoms with Crippen molar-refractivity contribution in [3.05, 3.63) is 90.0 Å². The molecule has 0 radical (unpaired) electrons. The first-order valence-electron chi connectivity index (χ1n) is 8.19. The van der Waals surface area contributed by atoms with Gasteiger partial charge in [-0.1, -0.05) is 12.1 Å². The first kappa shape index (κ1) is 20.9. The average molecular weight is 401 g/mol. The number of rotatable bonds is 6. The number of anilines is 1. The zero-order chi connectivity index (χ0) is 19.1. The lowest BCUT2D eigenvalue weighted by Gasteiger charge is -2.08. The van der Waals surface area contributed by atoms with Crippen molar-refractivity contribution in [2.75, 3.05) is 5.32 Å². The van der Waals surface area contributed by atoms with Crippen LogP contribution in [0.1, 0.15) is 11.1 Å². The monoisotopic (exact) mass is 400 g/mol. The quantitative estimate of drug-likeness (QED) is 0.594. The molecule has 0 aliphatic rings. The number of benzene rings is 2. The fourth-order valence-corrected chi connectivity index (χ4v) is 2.30. The van der Waals surface area contributed by atoms with Crippen LogP contribution in [0.5, 0.6) is 11.5 Å². The second-order valence-corrected chi connectivity index (χ2v) is 5.71. The topological polar surface area (TPSA) is 71.5 Å². The van der Waals surface area contributed by atoms with Gasteiger partial charge in [-0.3, -0.25) is 9.78 Å². The number of amides is 1. The van der Waals surface area contributed by atoms with Gasteiger partial charge >= 0.3 is 0 Å². The Bertz CT molecular complexity index is 965. The molecule has 0 saturated heterocycles. The van der Waals surface area contributed by atoms with Crippen molar-refractivity contribution in [3.8, 4) is 11.5 Å². The molecule has 28 heavy (non-hydrogen) atoms. The van der Waals surface area contributed by atoms with Gasteiger partial charge in [-0.05, 0) is 53.6 Å². The summed E-state index contributed by atoms with van der Waals surface area (Å²) in [6.07, 6.45) is 6.18. The number of halogens is 2. The van der Waals surface area contributed by atoms with Gasteiger partial charge in [0.25, 0.3) is 0 Å². The Hall–Kier alpha value is -3.38. The Kier molecular flexibility index (Phi) is 7.54. The molecule has 0 aliphatic heterocycles. The van der Waals surface area contributed by atoms with E-state index in [0.29, 0.717) is 23.6 Å². The maximum atomic E-state index is 13.0. The van der Waals surface area contributed by atoms with E-state index in [1.165, 1.54) is 24.3 Å². The third-order valence-electron chi connectivity index (χ3n) is 3.65. The lowest BCUT2D eigenvalue weighted by molar-refractivity contribution is -0.111. The molecule has 144 valence electrons. The normalized spacial score (nSPS) is 10.3. The molecule has 1 aromatic heterocycles. The van der Waals surface area contributed by atoms with E-state index < -0.39 is 11.6 Å². The summed E-state index contributed by atoms with van der Waals surface area (Å²) in [5, 5.41) is 12.1. The maximum absolute atomic E-state index is 13.0. The number of nitrogens with one attached hydrogen (secondary N) is 1. The third kappa shape index (κ3) is 6.10. The Morgan fingerprint density at radius 1 is 1.14 bits per heavy atom. The van der Waals surface area contributed by atoms with Crippen LogP contribution in [-0.4, -0.2) is 16.0 Å². The predicted octanol–water partition coefficient (Wildman–Crippen LogP) is 4.58. The van der Waals surface area contributed by atoms with Crippen molar-refractivity contribution >= 4 is 30.1 Å². The summed E-state index contributed by atoms with van der Waals surface area (Å²) in [5.41, 5.74) is 2.09. The summed E-state index contributed by atoms with van der Waals surface area (Å²) >= 11 is 0. The highest BCUT2D eigenvalue weighted by Crippen LogP contribution is 2.19. The van der Waals surface area contributed by atoms with Crippen LogP contribution < -0.4 is 10.1 Å². The highest BCUT2D eigenvalue weighted by atomic mass is 35.5. The highest BCUT2D eigenvalue weighted by molar-refractivity contribution is 6.02. The molecule has 0 spiro atoms. The van der Waals surface area contributed by atoms with Gasteiger partial charge in [0.15, 0.2) is 11.6 Å². The first-order valence-corrected chi connectivity index (χ1v) is 8.19. The van der Waals surface area contributed by atoms with Gasteiger partial charge < -0.3 is 15.2 Å². The van der Waals surface area contributed by atoms with Crippen LogP contribution >= 0.6 is 12.4 Å². The fourth-order valence-electron chi connectivity index (χ4n) is 2.30. The number of ether oxygens (including phenoxy) is 1. The van der Waals surface area contributed by atoms with Gasteiger partial charge in [-0.25, -0.2) is 4.39 Å². The fraction of sp³-hybridized carbons (Fsp3) is 0.0476. The van der Waals surface area contributed by atoms with E-state index in [4.69, 9.17) is 4.74 Å². The number of hydrogen-bond acceptors (Lipinski definition) is 4. The number of aromatic hydroxyl groups is 1. The van der Waals surface area contributed by atoms with Crippen molar-refractivity contribution < 1.29 is 19.0 Å². The van der Waals surface area contributed by atoms with Crippen molar-refractivity contribution in [1.29, 1.82) is 0 Å². The van der Waals surface area contributed by atoms with Crippen LogP contribution in [0.2, 0.25) is 0 Å². The van der Waals surface area contributed by atoms with Crippen molar-refractivity contribution in [2.45, 2.75) is 6.61 Å². The van der Waals surface area contributed by atoms with Crippen molar-refractivity contribution in [3.63, 3.8) is 0 Å². The molecule has 2 aromatic carbocycles. The van der Waals surface area contributed by atoms with Crippen LogP contribution in [0.4, 0.5) is 10.1 Å². The largest absolute Gasteiger partial charge is 0.505 e. The summed E-state index contributed by atoms with van der Waals surface area (Å²) in [7, 11) is 0. The summed E-state index contributed by atoms with van der Waals surface area (Å²) < 4.78 is 18.7. The molecule has 1 heterocycles. The summed E-state index contributed by atoms with van der Waals surface area (Å²) in [4.78, 5) is 16.0. The minimum absolute atomic E-state index is 0. The molecule has 0 unspecified atom stereocenters. The molecule has 0 bridgehead atoms. The second-order valence-electron chi connectivity index (χ2n) is 5.71. The predicted molar refractivity (Wildman–Crippen MR) is 108 cm³/mol. The van der Waals surface area contributed by atoms with E-state index in [2.05, 4.69) is 10.3 Å². The van der Waals surface area contributed by atoms with E-state index >= 15 is 0 Å². The number of carbonyl (C=O) groups is 1. The smallest absolute Gasteiger partial charge is 0.248 e. The molecule has 7 heteroatoms. The van der Waals surface area contributed by atoms with Gasteiger partial charge in [0.2, 0.25) is 5.91 Å². The van der Waals surface area contributed by atoms with Crippen LogP contribution in [0.15, 0.2) is 73.1 Å². The lowest BCUT2D eigenvalue weighted by atomic mass is 10.2. The lowest BCUT2D eigenvalue weighted by Crippen LogP contribution is -2.07. The summed E-state index contributed by atoms with van der Waals surface area (Å²) in [6, 6.07) is 14.6. The zero-order valence-corrected chi connectivity index (χ0v) is 15.5. The Balaban J connectivity index is 0.00000280. The molecule has 0 saturated carbocycles. The van der Waals surface area contributed by atoms with Gasteiger partial charge in [0, 0.05) is 30.2 Å². The molecular formula is C21H18ClFN2O3. The molecule has 0 atom stereocenters. The standard InChI is InChI=1S/C21H17FN2O3.ClH/c22-19-6-4-15(12-20(19)25)5-7-21(26)24-17-2-1-3-18(13-17)27-14-16-8-10-23-11-9-16;/h1-13,25H,14H2,(H,24,26);1H. The minimum Gasteiger partial charge on any atom is -0.505 e. The number of aromatic nitrogens is 1. The molecule has 0 aliphatic carbocycles. The van der Waals surface area contributed by atoms with Crippen LogP contribution in [-0.2, 0) is 11.4 Å². The Morgan fingerprint density at radius 2 is 1.93 bits per heavy atom. The number of carbonyl (C=O) groups excluding carboxylic acids is 1. The summed E-state index contributed by atoms with van der Waals surface area (Å²) in [5.74, 6) is -0.904. The first-order chi connectivity index (χ1) is 13.1. The molecule has 2 N–H and O–H groups in total. The molecule has 0 fully saturated rings. The van der Waals surface area contributed by atoms with Crippen molar-refractivity contribution in [2.24, 2.45) is 0 Å². The van der Waals surface area contributed by atoms with Crippen molar-refractivity contribution in [1.82, 2.24) is 4.98 Å². The third-order valence-corrected chi connectivity index (χ3v) is 3.65. The second kappa shape index (κ2) is 10.1. The number of phenols is 1. The van der Waals surface area contributed by atoms with Crippen LogP contribution in [0, 0.1) is 5.82 Å². The van der Waals surface area contributed by atoms with Gasteiger partial charge in [0.05, 0.1) is 0 Å². The number of nitrogens with zero attached hydrogens (tertiary/aromatic N) is 1. The molecule has 3 aromatic rings. The number of pyridine rings is 1. The minimum atomic E-state index is -0.708. The van der Waals surface area contributed by atoms with E-state index in [1.807, 2.05) is 12.1 Å². The van der Waals surface area contributed by atoms with E-state index in [-0.39, 0.29) is 18.3 Å². The molecule has 3 rings (SSSR count). The molecule has 1 amide bonds. The van der Waals surface area contributed by atoms with Crippen LogP contribution in [0.25, 0.3) is 6.08 Å². The van der Waals surface area contributed by atoms with Crippen LogP contribution in [0.3, 0.4) is 0 Å². The molecule has 5 nitrogen and oxygen atoms in total. The SMILES string of the molecule is Cl.O=C(C=Cc1ccc(F)c(O)c1)Nc1cccc(OCc2ccncc2)c1. The highest BCUT2D eigenvalue weighted by Gasteiger charge is 2.03. The number of hydrogen-bond donors (Lipinski definition) is 2. The summed E-state index contributed by atoms with van der Waals surface area (Å²) in [6.45, 7) is 0.397. The van der Waals surface area contributed by atoms with E-state index in [9.17, 15) is 14.3 Å². The van der Waals surface area contributed by atoms with E-state index in [0.717, 1.165) is 11.6 Å².